The van der Waals surface area contributed by atoms with Crippen molar-refractivity contribution in [1.82, 2.24) is 14.7 Å². The summed E-state index contributed by atoms with van der Waals surface area (Å²) in [4.78, 5) is 15.3. The van der Waals surface area contributed by atoms with E-state index in [9.17, 15) is 4.79 Å². The molecule has 2 rings (SSSR count). The molecule has 2 heterocycles. The van der Waals surface area contributed by atoms with E-state index in [4.69, 9.17) is 0 Å². The minimum atomic E-state index is 0.532. The lowest BCUT2D eigenvalue weighted by atomic mass is 10.2. The molecule has 84 valence electrons. The molecule has 4 heteroatoms. The molecule has 0 radical (unpaired) electrons. The third-order valence-electron chi connectivity index (χ3n) is 2.68. The van der Waals surface area contributed by atoms with Gasteiger partial charge in [-0.05, 0) is 25.6 Å². The van der Waals surface area contributed by atoms with Crippen LogP contribution in [0.1, 0.15) is 21.9 Å². The number of carbonyl (C=O) groups is 1. The number of likely N-dealkylation sites (N-methyl/N-ethyl adjacent to an activating group) is 1. The fourth-order valence-corrected chi connectivity index (χ4v) is 1.90. The van der Waals surface area contributed by atoms with E-state index < -0.39 is 0 Å². The third kappa shape index (κ3) is 1.72. The molecule has 0 bridgehead atoms. The van der Waals surface area contributed by atoms with Crippen LogP contribution in [0.5, 0.6) is 0 Å². The van der Waals surface area contributed by atoms with Gasteiger partial charge in [-0.2, -0.15) is 0 Å². The molecule has 0 aromatic carbocycles. The summed E-state index contributed by atoms with van der Waals surface area (Å²) in [6.07, 6.45) is 3.59. The second kappa shape index (κ2) is 4.45. The number of nitrogens with zero attached hydrogens (tertiary/aromatic N) is 2. The highest BCUT2D eigenvalue weighted by Gasteiger charge is 2.11. The number of hydrogen-bond acceptors (Lipinski definition) is 3. The summed E-state index contributed by atoms with van der Waals surface area (Å²) in [5, 5.41) is 3.08. The van der Waals surface area contributed by atoms with Crippen molar-refractivity contribution in [2.24, 2.45) is 0 Å². The summed E-state index contributed by atoms with van der Waals surface area (Å²) in [5.74, 6) is 0.926. The van der Waals surface area contributed by atoms with Gasteiger partial charge in [-0.15, -0.1) is 0 Å². The first kappa shape index (κ1) is 10.8. The zero-order chi connectivity index (χ0) is 11.5. The molecule has 0 unspecified atom stereocenters. The Labute approximate surface area is 94.3 Å². The normalized spacial score (nSPS) is 10.9. The summed E-state index contributed by atoms with van der Waals surface area (Å²) in [6.45, 7) is 2.84. The molecule has 0 saturated heterocycles. The highest BCUT2D eigenvalue weighted by molar-refractivity contribution is 5.85. The fraction of sp³-hybridized carbons (Fsp3) is 0.333. The maximum Gasteiger partial charge on any atom is 0.170 e. The van der Waals surface area contributed by atoms with Crippen molar-refractivity contribution in [3.8, 4) is 0 Å². The molecule has 1 N–H and O–H groups in total. The van der Waals surface area contributed by atoms with Crippen molar-refractivity contribution in [3.05, 3.63) is 35.4 Å². The molecular weight excluding hydrogens is 202 g/mol. The first-order chi connectivity index (χ1) is 7.77. The Balaban J connectivity index is 2.59. The molecule has 0 amide bonds. The molecule has 0 spiro atoms. The van der Waals surface area contributed by atoms with E-state index >= 15 is 0 Å². The van der Waals surface area contributed by atoms with Gasteiger partial charge in [-0.1, -0.05) is 6.07 Å². The fourth-order valence-electron chi connectivity index (χ4n) is 1.90. The van der Waals surface area contributed by atoms with Gasteiger partial charge in [0, 0.05) is 19.2 Å². The van der Waals surface area contributed by atoms with Gasteiger partial charge in [0.1, 0.15) is 11.5 Å². The van der Waals surface area contributed by atoms with E-state index in [1.165, 1.54) is 0 Å². The highest BCUT2D eigenvalue weighted by atomic mass is 16.1. The van der Waals surface area contributed by atoms with E-state index in [0.29, 0.717) is 5.69 Å². The van der Waals surface area contributed by atoms with Gasteiger partial charge < -0.3 is 9.72 Å². The topological polar surface area (TPSA) is 46.4 Å². The summed E-state index contributed by atoms with van der Waals surface area (Å²) >= 11 is 0. The van der Waals surface area contributed by atoms with Crippen LogP contribution < -0.4 is 5.32 Å². The molecule has 0 atom stereocenters. The molecule has 0 aliphatic heterocycles. The molecule has 2 aromatic rings. The zero-order valence-electron chi connectivity index (χ0n) is 9.53. The van der Waals surface area contributed by atoms with Crippen LogP contribution in [0.3, 0.4) is 0 Å². The lowest BCUT2D eigenvalue weighted by Crippen LogP contribution is -2.12. The van der Waals surface area contributed by atoms with Crippen molar-refractivity contribution in [2.75, 3.05) is 13.6 Å². The van der Waals surface area contributed by atoms with Gasteiger partial charge in [-0.25, -0.2) is 4.98 Å². The summed E-state index contributed by atoms with van der Waals surface area (Å²) in [7, 11) is 1.90. The van der Waals surface area contributed by atoms with E-state index in [-0.39, 0.29) is 0 Å². The number of imidazole rings is 1. The SMILES string of the molecule is CNCCc1nc(C=O)c2c(C)cccn12. The molecule has 0 aliphatic rings. The largest absolute Gasteiger partial charge is 0.319 e. The molecule has 4 nitrogen and oxygen atoms in total. The van der Waals surface area contributed by atoms with E-state index in [1.807, 2.05) is 36.7 Å². The van der Waals surface area contributed by atoms with Crippen LogP contribution in [-0.4, -0.2) is 29.3 Å². The van der Waals surface area contributed by atoms with Gasteiger partial charge in [0.15, 0.2) is 6.29 Å². The molecule has 16 heavy (non-hydrogen) atoms. The maximum absolute atomic E-state index is 11.0. The molecule has 0 saturated carbocycles. The Morgan fingerprint density at radius 2 is 2.38 bits per heavy atom. The number of aldehydes is 1. The van der Waals surface area contributed by atoms with Crippen LogP contribution >= 0.6 is 0 Å². The Morgan fingerprint density at radius 1 is 1.56 bits per heavy atom. The lowest BCUT2D eigenvalue weighted by Gasteiger charge is -2.02. The number of fused-ring (bicyclic) bond motifs is 1. The second-order valence-corrected chi connectivity index (χ2v) is 3.79. The number of pyridine rings is 1. The van der Waals surface area contributed by atoms with Crippen LogP contribution in [0.2, 0.25) is 0 Å². The minimum Gasteiger partial charge on any atom is -0.319 e. The minimum absolute atomic E-state index is 0.532. The first-order valence-electron chi connectivity index (χ1n) is 5.34. The smallest absolute Gasteiger partial charge is 0.170 e. The van der Waals surface area contributed by atoms with Crippen molar-refractivity contribution >= 4 is 11.8 Å². The zero-order valence-corrected chi connectivity index (χ0v) is 9.53. The molecule has 2 aromatic heterocycles. The van der Waals surface area contributed by atoms with E-state index in [1.54, 1.807) is 0 Å². The second-order valence-electron chi connectivity index (χ2n) is 3.79. The van der Waals surface area contributed by atoms with Crippen LogP contribution in [0.15, 0.2) is 18.3 Å². The van der Waals surface area contributed by atoms with Crippen molar-refractivity contribution in [2.45, 2.75) is 13.3 Å². The number of aromatic nitrogens is 2. The quantitative estimate of drug-likeness (QED) is 0.783. The maximum atomic E-state index is 11.0. The van der Waals surface area contributed by atoms with Crippen molar-refractivity contribution in [1.29, 1.82) is 0 Å². The monoisotopic (exact) mass is 217 g/mol. The van der Waals surface area contributed by atoms with Crippen LogP contribution in [0.4, 0.5) is 0 Å². The van der Waals surface area contributed by atoms with Crippen LogP contribution in [0.25, 0.3) is 5.52 Å². The Kier molecular flexibility index (Phi) is 3.01. The average Bonchev–Trinajstić information content (AvgIpc) is 2.66. The highest BCUT2D eigenvalue weighted by Crippen LogP contribution is 2.16. The van der Waals surface area contributed by atoms with E-state index in [2.05, 4.69) is 10.3 Å². The van der Waals surface area contributed by atoms with Gasteiger partial charge >= 0.3 is 0 Å². The van der Waals surface area contributed by atoms with Gasteiger partial charge in [0.25, 0.3) is 0 Å². The van der Waals surface area contributed by atoms with E-state index in [0.717, 1.165) is 36.2 Å². The van der Waals surface area contributed by atoms with Gasteiger partial charge in [0.05, 0.1) is 5.52 Å². The van der Waals surface area contributed by atoms with Crippen LogP contribution in [0, 0.1) is 6.92 Å². The Morgan fingerprint density at radius 3 is 3.06 bits per heavy atom. The molecule has 0 aliphatic carbocycles. The number of nitrogens with one attached hydrogen (secondary N) is 1. The van der Waals surface area contributed by atoms with Crippen molar-refractivity contribution < 1.29 is 4.79 Å². The summed E-state index contributed by atoms with van der Waals surface area (Å²) < 4.78 is 2.00. The number of hydrogen-bond donors (Lipinski definition) is 1. The predicted octanol–water partition coefficient (Wildman–Crippen LogP) is 1.22. The number of aryl methyl sites for hydroxylation is 1. The van der Waals surface area contributed by atoms with Crippen LogP contribution in [-0.2, 0) is 6.42 Å². The summed E-state index contributed by atoms with van der Waals surface area (Å²) in [6, 6.07) is 3.97. The molecular formula is C12H15N3O. The third-order valence-corrected chi connectivity index (χ3v) is 2.68. The summed E-state index contributed by atoms with van der Waals surface area (Å²) in [5.41, 5.74) is 2.53. The average molecular weight is 217 g/mol. The standard InChI is InChI=1S/C12H15N3O/c1-9-4-3-7-15-11(5-6-13-2)14-10(8-16)12(9)15/h3-4,7-8,13H,5-6H2,1-2H3. The Hall–Kier alpha value is -1.68. The van der Waals surface area contributed by atoms with Crippen molar-refractivity contribution in [3.63, 3.8) is 0 Å². The predicted molar refractivity (Wildman–Crippen MR) is 62.9 cm³/mol. The number of rotatable bonds is 4. The number of carbonyl (C=O) groups excluding carboxylic acids is 1. The van der Waals surface area contributed by atoms with Gasteiger partial charge in [-0.3, -0.25) is 4.79 Å². The Bertz CT molecular complexity index is 516. The van der Waals surface area contributed by atoms with Gasteiger partial charge in [0.2, 0.25) is 0 Å². The lowest BCUT2D eigenvalue weighted by molar-refractivity contribution is 0.112. The first-order valence-corrected chi connectivity index (χ1v) is 5.34. The molecule has 0 fully saturated rings.